The first-order valence-electron chi connectivity index (χ1n) is 12.3. The second-order valence-corrected chi connectivity index (χ2v) is 11.4. The molecule has 8 nitrogen and oxygen atoms in total. The van der Waals surface area contributed by atoms with Gasteiger partial charge in [-0.25, -0.2) is 4.31 Å². The summed E-state index contributed by atoms with van der Waals surface area (Å²) < 4.78 is 29.0. The minimum Gasteiger partial charge on any atom is -0.352 e. The average Bonchev–Trinajstić information content (AvgIpc) is 2.84. The van der Waals surface area contributed by atoms with Crippen molar-refractivity contribution in [3.8, 4) is 0 Å². The van der Waals surface area contributed by atoms with Crippen molar-refractivity contribution in [2.24, 2.45) is 0 Å². The number of carbonyl (C=O) groups is 2. The van der Waals surface area contributed by atoms with Crippen LogP contribution in [0.15, 0.2) is 48.5 Å². The highest BCUT2D eigenvalue weighted by Crippen LogP contribution is 2.26. The standard InChI is InChI=1S/C27H40N4O4S/c1-8-22(5)28-27(33)24(9-2)30(18-23-13-11-10-12-14-23)26(32)19-31(36(34,35)29(6)7)25-17-20(3)15-16-21(25)4/h10-17,22,24H,8-9,18-19H2,1-7H3,(H,28,33)/t22-,24-/m1/s1. The van der Waals surface area contributed by atoms with E-state index in [0.717, 1.165) is 31.7 Å². The number of rotatable bonds is 12. The summed E-state index contributed by atoms with van der Waals surface area (Å²) in [5, 5.41) is 2.98. The van der Waals surface area contributed by atoms with Gasteiger partial charge in [0.25, 0.3) is 0 Å². The van der Waals surface area contributed by atoms with E-state index in [1.54, 1.807) is 6.07 Å². The molecule has 0 saturated heterocycles. The molecule has 0 fully saturated rings. The van der Waals surface area contributed by atoms with Crippen molar-refractivity contribution >= 4 is 27.7 Å². The molecule has 9 heteroatoms. The van der Waals surface area contributed by atoms with Gasteiger partial charge < -0.3 is 10.2 Å². The topological polar surface area (TPSA) is 90.0 Å². The lowest BCUT2D eigenvalue weighted by Crippen LogP contribution is -2.54. The van der Waals surface area contributed by atoms with Crippen molar-refractivity contribution < 1.29 is 18.0 Å². The zero-order chi connectivity index (χ0) is 27.0. The van der Waals surface area contributed by atoms with Crippen LogP contribution in [0.5, 0.6) is 0 Å². The second kappa shape index (κ2) is 12.9. The van der Waals surface area contributed by atoms with E-state index in [0.29, 0.717) is 12.1 Å². The van der Waals surface area contributed by atoms with Gasteiger partial charge in [-0.3, -0.25) is 9.59 Å². The first kappa shape index (κ1) is 29.3. The Morgan fingerprint density at radius 1 is 0.972 bits per heavy atom. The number of nitrogens with one attached hydrogen (secondary N) is 1. The molecule has 0 aromatic heterocycles. The van der Waals surface area contributed by atoms with E-state index >= 15 is 0 Å². The van der Waals surface area contributed by atoms with Gasteiger partial charge in [-0.05, 0) is 56.4 Å². The molecule has 2 rings (SSSR count). The molecule has 0 saturated carbocycles. The van der Waals surface area contributed by atoms with Crippen LogP contribution in [-0.4, -0.2) is 62.2 Å². The van der Waals surface area contributed by atoms with Crippen LogP contribution in [0.4, 0.5) is 5.69 Å². The van der Waals surface area contributed by atoms with Crippen LogP contribution < -0.4 is 9.62 Å². The number of benzene rings is 2. The maximum absolute atomic E-state index is 13.9. The molecule has 0 unspecified atom stereocenters. The first-order valence-corrected chi connectivity index (χ1v) is 13.7. The third-order valence-electron chi connectivity index (χ3n) is 6.23. The minimum absolute atomic E-state index is 0.0409. The number of hydrogen-bond acceptors (Lipinski definition) is 4. The van der Waals surface area contributed by atoms with Crippen molar-refractivity contribution in [1.82, 2.24) is 14.5 Å². The average molecular weight is 517 g/mol. The summed E-state index contributed by atoms with van der Waals surface area (Å²) in [6, 6.07) is 14.1. The Labute approximate surface area is 216 Å². The number of anilines is 1. The van der Waals surface area contributed by atoms with E-state index in [1.165, 1.54) is 19.0 Å². The fourth-order valence-corrected chi connectivity index (χ4v) is 4.94. The van der Waals surface area contributed by atoms with Gasteiger partial charge in [0.1, 0.15) is 12.6 Å². The van der Waals surface area contributed by atoms with Crippen LogP contribution in [0.1, 0.15) is 50.3 Å². The summed E-state index contributed by atoms with van der Waals surface area (Å²) in [6.45, 7) is 9.20. The fraction of sp³-hybridized carbons (Fsp3) is 0.481. The lowest BCUT2D eigenvalue weighted by Gasteiger charge is -2.34. The SMILES string of the molecule is CC[C@@H](C)NC(=O)[C@@H](CC)N(Cc1ccccc1)C(=O)CN(c1cc(C)ccc1C)S(=O)(=O)N(C)C. The Morgan fingerprint density at radius 2 is 1.61 bits per heavy atom. The lowest BCUT2D eigenvalue weighted by atomic mass is 10.1. The van der Waals surface area contributed by atoms with E-state index in [-0.39, 0.29) is 18.5 Å². The lowest BCUT2D eigenvalue weighted by molar-refractivity contribution is -0.140. The number of hydrogen-bond donors (Lipinski definition) is 1. The summed E-state index contributed by atoms with van der Waals surface area (Å²) in [7, 11) is -1.11. The Kier molecular flexibility index (Phi) is 10.5. The number of aryl methyl sites for hydroxylation is 2. The summed E-state index contributed by atoms with van der Waals surface area (Å²) in [5.74, 6) is -0.693. The number of nitrogens with zero attached hydrogens (tertiary/aromatic N) is 3. The molecule has 0 radical (unpaired) electrons. The minimum atomic E-state index is -3.99. The normalized spacial score (nSPS) is 13.2. The molecule has 198 valence electrons. The number of carbonyl (C=O) groups excluding carboxylic acids is 2. The first-order chi connectivity index (χ1) is 16.9. The summed E-state index contributed by atoms with van der Waals surface area (Å²) in [5.41, 5.74) is 2.90. The van der Waals surface area contributed by atoms with Crippen molar-refractivity contribution in [2.45, 2.75) is 66.1 Å². The van der Waals surface area contributed by atoms with Crippen LogP contribution >= 0.6 is 0 Å². The molecule has 0 aliphatic heterocycles. The van der Waals surface area contributed by atoms with Gasteiger partial charge >= 0.3 is 10.2 Å². The predicted molar refractivity (Wildman–Crippen MR) is 145 cm³/mol. The van der Waals surface area contributed by atoms with E-state index in [4.69, 9.17) is 0 Å². The second-order valence-electron chi connectivity index (χ2n) is 9.34. The molecule has 2 aromatic carbocycles. The molecule has 0 aliphatic rings. The van der Waals surface area contributed by atoms with Crippen LogP contribution in [0.3, 0.4) is 0 Å². The molecule has 0 bridgehead atoms. The van der Waals surface area contributed by atoms with E-state index < -0.39 is 28.7 Å². The highest BCUT2D eigenvalue weighted by atomic mass is 32.2. The Balaban J connectivity index is 2.53. The van der Waals surface area contributed by atoms with Gasteiger partial charge in [0.2, 0.25) is 11.8 Å². The summed E-state index contributed by atoms with van der Waals surface area (Å²) in [4.78, 5) is 28.6. The molecular weight excluding hydrogens is 476 g/mol. The molecule has 2 atom stereocenters. The van der Waals surface area contributed by atoms with E-state index in [9.17, 15) is 18.0 Å². The zero-order valence-electron chi connectivity index (χ0n) is 22.5. The van der Waals surface area contributed by atoms with Gasteiger partial charge in [-0.1, -0.05) is 56.3 Å². The Hall–Kier alpha value is -2.91. The Bertz CT molecular complexity index is 1140. The van der Waals surface area contributed by atoms with Crippen molar-refractivity contribution in [1.29, 1.82) is 0 Å². The molecule has 0 aliphatic carbocycles. The molecule has 36 heavy (non-hydrogen) atoms. The van der Waals surface area contributed by atoms with Gasteiger partial charge in [0.15, 0.2) is 0 Å². The quantitative estimate of drug-likeness (QED) is 0.466. The molecular formula is C27H40N4O4S. The predicted octanol–water partition coefficient (Wildman–Crippen LogP) is 3.64. The van der Waals surface area contributed by atoms with Gasteiger partial charge in [-0.15, -0.1) is 0 Å². The van der Waals surface area contributed by atoms with Crippen molar-refractivity contribution in [3.05, 3.63) is 65.2 Å². The summed E-state index contributed by atoms with van der Waals surface area (Å²) >= 11 is 0. The van der Waals surface area contributed by atoms with Crippen LogP contribution in [0.25, 0.3) is 0 Å². The van der Waals surface area contributed by atoms with Crippen molar-refractivity contribution in [2.75, 3.05) is 24.9 Å². The highest BCUT2D eigenvalue weighted by molar-refractivity contribution is 7.90. The van der Waals surface area contributed by atoms with E-state index in [1.807, 2.05) is 77.1 Å². The fourth-order valence-electron chi connectivity index (χ4n) is 3.83. The molecule has 0 heterocycles. The smallest absolute Gasteiger partial charge is 0.304 e. The van der Waals surface area contributed by atoms with Gasteiger partial charge in [-0.2, -0.15) is 12.7 Å². The van der Waals surface area contributed by atoms with Crippen LogP contribution in [0.2, 0.25) is 0 Å². The summed E-state index contributed by atoms with van der Waals surface area (Å²) in [6.07, 6.45) is 1.15. The van der Waals surface area contributed by atoms with Crippen LogP contribution in [0, 0.1) is 13.8 Å². The Morgan fingerprint density at radius 3 is 2.17 bits per heavy atom. The maximum Gasteiger partial charge on any atom is 0.304 e. The van der Waals surface area contributed by atoms with Crippen LogP contribution in [-0.2, 0) is 26.3 Å². The third-order valence-corrected chi connectivity index (χ3v) is 8.04. The zero-order valence-corrected chi connectivity index (χ0v) is 23.3. The largest absolute Gasteiger partial charge is 0.352 e. The molecule has 2 aromatic rings. The van der Waals surface area contributed by atoms with Gasteiger partial charge in [0, 0.05) is 26.7 Å². The monoisotopic (exact) mass is 516 g/mol. The molecule has 0 spiro atoms. The maximum atomic E-state index is 13.9. The van der Waals surface area contributed by atoms with Gasteiger partial charge in [0.05, 0.1) is 5.69 Å². The third kappa shape index (κ3) is 7.30. The molecule has 2 amide bonds. The highest BCUT2D eigenvalue weighted by Gasteiger charge is 2.34. The molecule has 1 N–H and O–H groups in total. The number of amides is 2. The van der Waals surface area contributed by atoms with Crippen molar-refractivity contribution in [3.63, 3.8) is 0 Å². The van der Waals surface area contributed by atoms with E-state index in [2.05, 4.69) is 5.32 Å².